The Hall–Kier alpha value is -0.920. The minimum absolute atomic E-state index is 0.0874. The van der Waals surface area contributed by atoms with Gasteiger partial charge in [0.05, 0.1) is 11.5 Å². The molecule has 1 aromatic heterocycles. The summed E-state index contributed by atoms with van der Waals surface area (Å²) in [7, 11) is -3.20. The van der Waals surface area contributed by atoms with Gasteiger partial charge in [-0.25, -0.2) is 8.42 Å². The minimum atomic E-state index is -3.20. The van der Waals surface area contributed by atoms with Gasteiger partial charge in [-0.3, -0.25) is 9.69 Å². The van der Waals surface area contributed by atoms with Crippen molar-refractivity contribution in [2.24, 2.45) is 5.73 Å². The van der Waals surface area contributed by atoms with Gasteiger partial charge < -0.3 is 5.73 Å². The van der Waals surface area contributed by atoms with Crippen LogP contribution in [0.4, 0.5) is 0 Å². The molecule has 0 aromatic carbocycles. The van der Waals surface area contributed by atoms with E-state index in [9.17, 15) is 13.2 Å². The molecule has 0 aliphatic carbocycles. The molecule has 0 bridgehead atoms. The van der Waals surface area contributed by atoms with E-state index in [0.717, 1.165) is 13.0 Å². The summed E-state index contributed by atoms with van der Waals surface area (Å²) in [5.74, 6) is -0.624. The number of carbonyl (C=O) groups is 1. The van der Waals surface area contributed by atoms with Crippen LogP contribution in [0.2, 0.25) is 0 Å². The predicted octanol–water partition coefficient (Wildman–Crippen LogP) is 0.957. The number of fused-ring (bicyclic) bond motifs is 1. The maximum absolute atomic E-state index is 11.8. The summed E-state index contributed by atoms with van der Waals surface area (Å²) >= 11 is 1.77. The smallest absolute Gasteiger partial charge is 0.218 e. The van der Waals surface area contributed by atoms with Crippen molar-refractivity contribution in [1.29, 1.82) is 0 Å². The molecule has 5 nitrogen and oxygen atoms in total. The highest BCUT2D eigenvalue weighted by Gasteiger charge is 2.25. The van der Waals surface area contributed by atoms with Crippen LogP contribution in [0, 0.1) is 0 Å². The van der Waals surface area contributed by atoms with Crippen LogP contribution in [0.25, 0.3) is 0 Å². The average Bonchev–Trinajstić information content (AvgIpc) is 2.85. The molecule has 2 heterocycles. The van der Waals surface area contributed by atoms with E-state index >= 15 is 0 Å². The minimum Gasteiger partial charge on any atom is -0.370 e. The Morgan fingerprint density at radius 1 is 1.50 bits per heavy atom. The van der Waals surface area contributed by atoms with Gasteiger partial charge in [0.2, 0.25) is 5.91 Å². The Bertz CT molecular complexity index is 580. The molecule has 1 aromatic rings. The Balaban J connectivity index is 1.90. The molecule has 1 atom stereocenters. The number of thiophene rings is 1. The summed E-state index contributed by atoms with van der Waals surface area (Å²) in [6.45, 7) is 3.51. The molecule has 0 saturated heterocycles. The number of nitrogens with two attached hydrogens (primary N) is 1. The second-order valence-corrected chi connectivity index (χ2v) is 8.43. The average molecular weight is 316 g/mol. The van der Waals surface area contributed by atoms with Crippen LogP contribution in [0.15, 0.2) is 11.4 Å². The van der Waals surface area contributed by atoms with Crippen LogP contribution in [0.1, 0.15) is 29.8 Å². The lowest BCUT2D eigenvalue weighted by atomic mass is 10.0. The highest BCUT2D eigenvalue weighted by Crippen LogP contribution is 2.32. The van der Waals surface area contributed by atoms with E-state index in [1.54, 1.807) is 11.3 Å². The van der Waals surface area contributed by atoms with Gasteiger partial charge in [0.1, 0.15) is 0 Å². The van der Waals surface area contributed by atoms with Crippen molar-refractivity contribution in [2.45, 2.75) is 25.8 Å². The molecule has 2 N–H and O–H groups in total. The van der Waals surface area contributed by atoms with Crippen LogP contribution in [-0.2, 0) is 21.1 Å². The van der Waals surface area contributed by atoms with Gasteiger partial charge in [-0.2, -0.15) is 0 Å². The number of primary amides is 1. The maximum atomic E-state index is 11.8. The van der Waals surface area contributed by atoms with E-state index in [1.807, 2.05) is 0 Å². The van der Waals surface area contributed by atoms with Gasteiger partial charge in [-0.05, 0) is 30.4 Å². The first-order chi connectivity index (χ1) is 9.39. The summed E-state index contributed by atoms with van der Waals surface area (Å²) in [6, 6.07) is 2.38. The fourth-order valence-electron chi connectivity index (χ4n) is 2.48. The van der Waals surface area contributed by atoms with Crippen LogP contribution in [0.3, 0.4) is 0 Å². The highest BCUT2D eigenvalue weighted by molar-refractivity contribution is 7.91. The van der Waals surface area contributed by atoms with Crippen molar-refractivity contribution in [3.05, 3.63) is 21.9 Å². The molecule has 0 unspecified atom stereocenters. The summed E-state index contributed by atoms with van der Waals surface area (Å²) in [5.41, 5.74) is 6.30. The fourth-order valence-corrected chi connectivity index (χ4v) is 4.67. The van der Waals surface area contributed by atoms with Crippen LogP contribution < -0.4 is 5.73 Å². The summed E-state index contributed by atoms with van der Waals surface area (Å²) in [6.07, 6.45) is 0.894. The predicted molar refractivity (Wildman–Crippen MR) is 80.5 cm³/mol. The molecule has 1 aliphatic rings. The van der Waals surface area contributed by atoms with Gasteiger partial charge in [-0.15, -0.1) is 11.3 Å². The SMILES string of the molecule is C[C@H]1c2ccsc2CCN1CCS(=O)(=O)CCC(N)=O. The number of hydrogen-bond acceptors (Lipinski definition) is 5. The molecule has 7 heteroatoms. The molecule has 0 radical (unpaired) electrons. The second-order valence-electron chi connectivity index (χ2n) is 5.13. The van der Waals surface area contributed by atoms with E-state index in [2.05, 4.69) is 23.3 Å². The third-order valence-electron chi connectivity index (χ3n) is 3.75. The van der Waals surface area contributed by atoms with Gasteiger partial charge in [0.15, 0.2) is 9.84 Å². The van der Waals surface area contributed by atoms with E-state index < -0.39 is 15.7 Å². The summed E-state index contributed by atoms with van der Waals surface area (Å²) in [4.78, 5) is 14.3. The zero-order chi connectivity index (χ0) is 14.8. The Labute approximate surface area is 123 Å². The lowest BCUT2D eigenvalue weighted by molar-refractivity contribution is -0.117. The Kier molecular flexibility index (Phi) is 4.82. The number of hydrogen-bond donors (Lipinski definition) is 1. The molecule has 1 amide bonds. The number of sulfone groups is 1. The van der Waals surface area contributed by atoms with E-state index in [4.69, 9.17) is 5.73 Å². The quantitative estimate of drug-likeness (QED) is 0.847. The third kappa shape index (κ3) is 3.80. The monoisotopic (exact) mass is 316 g/mol. The molecule has 20 heavy (non-hydrogen) atoms. The highest BCUT2D eigenvalue weighted by atomic mass is 32.2. The molecule has 0 spiro atoms. The van der Waals surface area contributed by atoms with Crippen LogP contribution >= 0.6 is 11.3 Å². The van der Waals surface area contributed by atoms with Crippen LogP contribution in [-0.4, -0.2) is 43.8 Å². The molecule has 2 rings (SSSR count). The van der Waals surface area contributed by atoms with Crippen LogP contribution in [0.5, 0.6) is 0 Å². The van der Waals surface area contributed by atoms with Gasteiger partial charge in [0.25, 0.3) is 0 Å². The first kappa shape index (κ1) is 15.5. The molecule has 0 saturated carbocycles. The van der Waals surface area contributed by atoms with E-state index in [1.165, 1.54) is 10.4 Å². The zero-order valence-corrected chi connectivity index (χ0v) is 13.2. The van der Waals surface area contributed by atoms with Crippen molar-refractivity contribution in [3.8, 4) is 0 Å². The van der Waals surface area contributed by atoms with Crippen molar-refractivity contribution < 1.29 is 13.2 Å². The standard InChI is InChI=1S/C13H20N2O3S2/c1-10-11-3-7-19-12(11)2-5-15(10)6-9-20(17,18)8-4-13(14)16/h3,7,10H,2,4-6,8-9H2,1H3,(H2,14,16)/t10-/m0/s1. The normalized spacial score (nSPS) is 19.8. The van der Waals surface area contributed by atoms with E-state index in [-0.39, 0.29) is 24.0 Å². The van der Waals surface area contributed by atoms with E-state index in [0.29, 0.717) is 6.54 Å². The summed E-state index contributed by atoms with van der Waals surface area (Å²) < 4.78 is 23.7. The lowest BCUT2D eigenvalue weighted by Crippen LogP contribution is -2.37. The zero-order valence-electron chi connectivity index (χ0n) is 11.5. The molecule has 112 valence electrons. The Morgan fingerprint density at radius 3 is 2.95 bits per heavy atom. The molecule has 1 aliphatic heterocycles. The number of nitrogens with zero attached hydrogens (tertiary/aromatic N) is 1. The van der Waals surface area contributed by atoms with Gasteiger partial charge in [0, 0.05) is 30.4 Å². The Morgan fingerprint density at radius 2 is 2.25 bits per heavy atom. The van der Waals surface area contributed by atoms with Gasteiger partial charge >= 0.3 is 0 Å². The molecular weight excluding hydrogens is 296 g/mol. The second kappa shape index (κ2) is 6.24. The fraction of sp³-hybridized carbons (Fsp3) is 0.615. The number of carbonyl (C=O) groups excluding carboxylic acids is 1. The lowest BCUT2D eigenvalue weighted by Gasteiger charge is -2.33. The van der Waals surface area contributed by atoms with Crippen molar-refractivity contribution in [2.75, 3.05) is 24.6 Å². The van der Waals surface area contributed by atoms with Crippen molar-refractivity contribution >= 4 is 27.1 Å². The maximum Gasteiger partial charge on any atom is 0.218 e. The summed E-state index contributed by atoms with van der Waals surface area (Å²) in [5, 5.41) is 2.09. The van der Waals surface area contributed by atoms with Crippen molar-refractivity contribution in [3.63, 3.8) is 0 Å². The molecular formula is C13H20N2O3S2. The van der Waals surface area contributed by atoms with Gasteiger partial charge in [-0.1, -0.05) is 0 Å². The third-order valence-corrected chi connectivity index (χ3v) is 6.38. The number of amides is 1. The largest absolute Gasteiger partial charge is 0.370 e. The first-order valence-electron chi connectivity index (χ1n) is 6.68. The first-order valence-corrected chi connectivity index (χ1v) is 9.38. The topological polar surface area (TPSA) is 80.5 Å². The van der Waals surface area contributed by atoms with Crippen molar-refractivity contribution in [1.82, 2.24) is 4.90 Å². The molecule has 0 fully saturated rings. The number of rotatable bonds is 6.